The number of morpholine rings is 1. The van der Waals surface area contributed by atoms with Gasteiger partial charge >= 0.3 is 0 Å². The van der Waals surface area contributed by atoms with E-state index in [4.69, 9.17) is 27.9 Å². The molecule has 1 heterocycles. The Kier molecular flexibility index (Phi) is 5.04. The molecule has 1 unspecified atom stereocenters. The van der Waals surface area contributed by atoms with Gasteiger partial charge in [0.2, 0.25) is 0 Å². The maximum Gasteiger partial charge on any atom is 0.260 e. The summed E-state index contributed by atoms with van der Waals surface area (Å²) >= 11 is 12.0. The van der Waals surface area contributed by atoms with Gasteiger partial charge in [-0.15, -0.1) is 0 Å². The largest absolute Gasteiger partial charge is 0.370 e. The Bertz CT molecular complexity index is 745. The zero-order chi connectivity index (χ0) is 17.3. The molecule has 0 spiro atoms. The molecule has 0 N–H and O–H groups in total. The molecule has 126 valence electrons. The Labute approximate surface area is 147 Å². The molecule has 0 radical (unpaired) electrons. The second-order valence-electron chi connectivity index (χ2n) is 5.41. The van der Waals surface area contributed by atoms with E-state index in [1.54, 1.807) is 18.2 Å². The highest BCUT2D eigenvalue weighted by atomic mass is 35.5. The Morgan fingerprint density at radius 1 is 1.12 bits per heavy atom. The SMILES string of the molecule is O=C(c1c(F)cccc1F)N1CCOC(c2cc(Cl)cc(Cl)c2)C1. The normalized spacial score (nSPS) is 17.8. The molecule has 1 aliphatic heterocycles. The lowest BCUT2D eigenvalue weighted by atomic mass is 10.1. The fourth-order valence-electron chi connectivity index (χ4n) is 2.66. The van der Waals surface area contributed by atoms with Crippen molar-refractivity contribution in [2.24, 2.45) is 0 Å². The second kappa shape index (κ2) is 7.05. The summed E-state index contributed by atoms with van der Waals surface area (Å²) in [7, 11) is 0. The van der Waals surface area contributed by atoms with Crippen LogP contribution >= 0.6 is 23.2 Å². The van der Waals surface area contributed by atoms with E-state index in [9.17, 15) is 13.6 Å². The van der Waals surface area contributed by atoms with Crippen LogP contribution in [0.4, 0.5) is 8.78 Å². The Morgan fingerprint density at radius 3 is 2.38 bits per heavy atom. The number of hydrogen-bond donors (Lipinski definition) is 0. The molecular weight excluding hydrogens is 359 g/mol. The fourth-order valence-corrected chi connectivity index (χ4v) is 3.20. The minimum atomic E-state index is -0.881. The van der Waals surface area contributed by atoms with Gasteiger partial charge in [0.15, 0.2) is 0 Å². The van der Waals surface area contributed by atoms with Crippen molar-refractivity contribution >= 4 is 29.1 Å². The van der Waals surface area contributed by atoms with Crippen molar-refractivity contribution in [2.75, 3.05) is 19.7 Å². The molecule has 0 bridgehead atoms. The molecule has 24 heavy (non-hydrogen) atoms. The highest BCUT2D eigenvalue weighted by Crippen LogP contribution is 2.29. The lowest BCUT2D eigenvalue weighted by Gasteiger charge is -2.33. The van der Waals surface area contributed by atoms with Crippen LogP contribution in [0.25, 0.3) is 0 Å². The van der Waals surface area contributed by atoms with Gasteiger partial charge in [-0.25, -0.2) is 8.78 Å². The summed E-state index contributed by atoms with van der Waals surface area (Å²) in [5.74, 6) is -2.46. The zero-order valence-electron chi connectivity index (χ0n) is 12.4. The molecule has 0 aliphatic carbocycles. The van der Waals surface area contributed by atoms with Gasteiger partial charge in [0.1, 0.15) is 23.3 Å². The molecule has 1 fully saturated rings. The molecule has 2 aromatic rings. The summed E-state index contributed by atoms with van der Waals surface area (Å²) in [5, 5.41) is 0.898. The lowest BCUT2D eigenvalue weighted by molar-refractivity contribution is -0.0231. The number of amides is 1. The van der Waals surface area contributed by atoms with Crippen molar-refractivity contribution in [3.8, 4) is 0 Å². The molecular formula is C17H13Cl2F2NO2. The van der Waals surface area contributed by atoms with Crippen molar-refractivity contribution in [2.45, 2.75) is 6.10 Å². The Morgan fingerprint density at radius 2 is 1.75 bits per heavy atom. The molecule has 3 nitrogen and oxygen atoms in total. The molecule has 3 rings (SSSR count). The maximum atomic E-state index is 13.8. The van der Waals surface area contributed by atoms with Crippen molar-refractivity contribution in [1.82, 2.24) is 4.90 Å². The van der Waals surface area contributed by atoms with Gasteiger partial charge in [-0.1, -0.05) is 29.3 Å². The van der Waals surface area contributed by atoms with Gasteiger partial charge in [-0.3, -0.25) is 4.79 Å². The van der Waals surface area contributed by atoms with Crippen molar-refractivity contribution in [3.63, 3.8) is 0 Å². The lowest BCUT2D eigenvalue weighted by Crippen LogP contribution is -2.42. The smallest absolute Gasteiger partial charge is 0.260 e. The third-order valence-electron chi connectivity index (χ3n) is 3.79. The average Bonchev–Trinajstić information content (AvgIpc) is 2.54. The van der Waals surface area contributed by atoms with E-state index in [0.29, 0.717) is 15.6 Å². The monoisotopic (exact) mass is 371 g/mol. The van der Waals surface area contributed by atoms with Crippen LogP contribution in [0.3, 0.4) is 0 Å². The number of nitrogens with zero attached hydrogens (tertiary/aromatic N) is 1. The standard InChI is InChI=1S/C17H13Cl2F2NO2/c18-11-6-10(7-12(19)8-11)15-9-22(4-5-24-15)17(23)16-13(20)2-1-3-14(16)21/h1-3,6-8,15H,4-5,9H2. The van der Waals surface area contributed by atoms with E-state index in [0.717, 1.165) is 12.1 Å². The van der Waals surface area contributed by atoms with E-state index in [1.165, 1.54) is 11.0 Å². The van der Waals surface area contributed by atoms with E-state index < -0.39 is 29.2 Å². The molecule has 7 heteroatoms. The number of halogens is 4. The first-order chi connectivity index (χ1) is 11.5. The van der Waals surface area contributed by atoms with E-state index in [2.05, 4.69) is 0 Å². The zero-order valence-corrected chi connectivity index (χ0v) is 14.0. The predicted octanol–water partition coefficient (Wildman–Crippen LogP) is 4.49. The van der Waals surface area contributed by atoms with Crippen molar-refractivity contribution in [1.29, 1.82) is 0 Å². The summed E-state index contributed by atoms with van der Waals surface area (Å²) in [5.41, 5.74) is 0.154. The van der Waals surface area contributed by atoms with Crippen LogP contribution in [0.15, 0.2) is 36.4 Å². The third kappa shape index (κ3) is 3.53. The summed E-state index contributed by atoms with van der Waals surface area (Å²) in [6, 6.07) is 8.31. The molecule has 0 aromatic heterocycles. The molecule has 1 atom stereocenters. The molecule has 2 aromatic carbocycles. The molecule has 1 aliphatic rings. The molecule has 0 saturated carbocycles. The van der Waals surface area contributed by atoms with Crippen molar-refractivity contribution < 1.29 is 18.3 Å². The van der Waals surface area contributed by atoms with E-state index >= 15 is 0 Å². The van der Waals surface area contributed by atoms with Crippen LogP contribution in [-0.2, 0) is 4.74 Å². The van der Waals surface area contributed by atoms with E-state index in [-0.39, 0.29) is 19.7 Å². The van der Waals surface area contributed by atoms with Gasteiger partial charge in [0.05, 0.1) is 13.2 Å². The third-order valence-corrected chi connectivity index (χ3v) is 4.22. The number of rotatable bonds is 2. The first-order valence-corrected chi connectivity index (χ1v) is 8.02. The average molecular weight is 372 g/mol. The first kappa shape index (κ1) is 17.1. The van der Waals surface area contributed by atoms with Crippen molar-refractivity contribution in [3.05, 3.63) is 69.2 Å². The summed E-state index contributed by atoms with van der Waals surface area (Å²) in [6.07, 6.45) is -0.464. The van der Waals surface area contributed by atoms with Gasteiger partial charge in [-0.2, -0.15) is 0 Å². The van der Waals surface area contributed by atoms with Gasteiger partial charge in [0.25, 0.3) is 5.91 Å². The van der Waals surface area contributed by atoms with E-state index in [1.807, 2.05) is 0 Å². The summed E-state index contributed by atoms with van der Waals surface area (Å²) in [6.45, 7) is 0.650. The predicted molar refractivity (Wildman–Crippen MR) is 87.4 cm³/mol. The van der Waals surface area contributed by atoms with Crippen LogP contribution in [0, 0.1) is 11.6 Å². The first-order valence-electron chi connectivity index (χ1n) is 7.26. The number of carbonyl (C=O) groups excluding carboxylic acids is 1. The van der Waals surface area contributed by atoms with Crippen LogP contribution in [-0.4, -0.2) is 30.5 Å². The quantitative estimate of drug-likeness (QED) is 0.778. The Balaban J connectivity index is 1.84. The highest BCUT2D eigenvalue weighted by Gasteiger charge is 2.29. The number of hydrogen-bond acceptors (Lipinski definition) is 2. The van der Waals surface area contributed by atoms with Crippen LogP contribution in [0.2, 0.25) is 10.0 Å². The maximum absolute atomic E-state index is 13.8. The van der Waals surface area contributed by atoms with Crippen LogP contribution in [0.5, 0.6) is 0 Å². The van der Waals surface area contributed by atoms with Gasteiger partial charge < -0.3 is 9.64 Å². The minimum Gasteiger partial charge on any atom is -0.370 e. The number of carbonyl (C=O) groups is 1. The summed E-state index contributed by atoms with van der Waals surface area (Å²) < 4.78 is 33.3. The summed E-state index contributed by atoms with van der Waals surface area (Å²) in [4.78, 5) is 13.9. The minimum absolute atomic E-state index is 0.156. The number of ether oxygens (including phenoxy) is 1. The second-order valence-corrected chi connectivity index (χ2v) is 6.28. The van der Waals surface area contributed by atoms with Gasteiger partial charge in [-0.05, 0) is 35.9 Å². The fraction of sp³-hybridized carbons (Fsp3) is 0.235. The highest BCUT2D eigenvalue weighted by molar-refractivity contribution is 6.34. The van der Waals surface area contributed by atoms with Crippen LogP contribution < -0.4 is 0 Å². The Hall–Kier alpha value is -1.69. The topological polar surface area (TPSA) is 29.5 Å². The molecule has 1 amide bonds. The van der Waals surface area contributed by atoms with Gasteiger partial charge in [0, 0.05) is 16.6 Å². The number of benzene rings is 2. The molecule has 1 saturated heterocycles. The van der Waals surface area contributed by atoms with Crippen LogP contribution in [0.1, 0.15) is 22.0 Å².